The molecule has 0 radical (unpaired) electrons. The molecular formula is C16H17N3O3. The van der Waals surface area contributed by atoms with Gasteiger partial charge in [0.25, 0.3) is 0 Å². The third-order valence-corrected chi connectivity index (χ3v) is 3.53. The minimum Gasteiger partial charge on any atom is -0.504 e. The van der Waals surface area contributed by atoms with Gasteiger partial charge in [0.05, 0.1) is 18.1 Å². The first-order chi connectivity index (χ1) is 10.5. The van der Waals surface area contributed by atoms with Crippen LogP contribution in [0.4, 0.5) is 5.69 Å². The fourth-order valence-electron chi connectivity index (χ4n) is 2.30. The molecule has 0 bridgehead atoms. The molecule has 6 heteroatoms. The van der Waals surface area contributed by atoms with Gasteiger partial charge in [-0.15, -0.1) is 0 Å². The molecule has 0 fully saturated rings. The lowest BCUT2D eigenvalue weighted by Crippen LogP contribution is -2.07. The molecule has 0 spiro atoms. The monoisotopic (exact) mass is 299 g/mol. The van der Waals surface area contributed by atoms with Crippen molar-refractivity contribution in [1.29, 1.82) is 0 Å². The molecule has 0 atom stereocenters. The van der Waals surface area contributed by atoms with Gasteiger partial charge < -0.3 is 24.8 Å². The quantitative estimate of drug-likeness (QED) is 0.648. The van der Waals surface area contributed by atoms with Gasteiger partial charge in [0.1, 0.15) is 5.82 Å². The van der Waals surface area contributed by atoms with Crippen molar-refractivity contribution in [3.8, 4) is 28.6 Å². The Morgan fingerprint density at radius 3 is 2.59 bits per heavy atom. The van der Waals surface area contributed by atoms with E-state index in [1.807, 2.05) is 37.2 Å². The summed E-state index contributed by atoms with van der Waals surface area (Å²) in [6.45, 7) is 0. The predicted molar refractivity (Wildman–Crippen MR) is 85.7 cm³/mol. The van der Waals surface area contributed by atoms with Crippen molar-refractivity contribution in [2.24, 2.45) is 0 Å². The number of hydrogen-bond acceptors (Lipinski definition) is 5. The van der Waals surface area contributed by atoms with Crippen molar-refractivity contribution < 1.29 is 14.9 Å². The number of nitrogens with one attached hydrogen (secondary N) is 1. The second-order valence-corrected chi connectivity index (χ2v) is 5.23. The Balaban J connectivity index is 2.12. The molecule has 6 nitrogen and oxygen atoms in total. The van der Waals surface area contributed by atoms with Crippen LogP contribution in [0.15, 0.2) is 30.3 Å². The lowest BCUT2D eigenvalue weighted by Gasteiger charge is -2.11. The Hall–Kier alpha value is -2.89. The van der Waals surface area contributed by atoms with E-state index in [0.29, 0.717) is 11.4 Å². The van der Waals surface area contributed by atoms with Gasteiger partial charge in [0, 0.05) is 25.3 Å². The summed E-state index contributed by atoms with van der Waals surface area (Å²) in [6.07, 6.45) is 0. The molecule has 1 heterocycles. The van der Waals surface area contributed by atoms with Gasteiger partial charge in [0.2, 0.25) is 5.75 Å². The number of benzene rings is 2. The van der Waals surface area contributed by atoms with Crippen LogP contribution in [0.1, 0.15) is 0 Å². The molecule has 3 rings (SSSR count). The van der Waals surface area contributed by atoms with Crippen LogP contribution in [0.3, 0.4) is 0 Å². The minimum absolute atomic E-state index is 0.199. The molecule has 22 heavy (non-hydrogen) atoms. The molecule has 0 unspecified atom stereocenters. The molecule has 0 saturated carbocycles. The van der Waals surface area contributed by atoms with Crippen molar-refractivity contribution in [1.82, 2.24) is 9.97 Å². The number of rotatable bonds is 3. The largest absolute Gasteiger partial charge is 0.504 e. The third-order valence-electron chi connectivity index (χ3n) is 3.53. The standard InChI is InChI=1S/C16H17N3O3/c1-19(2)10-4-5-11-12(8-10)18-16(17-11)9-6-13(20)15(21)14(7-9)22-3/h4-8,20-21H,1-3H3,(H,17,18). The van der Waals surface area contributed by atoms with Crippen LogP contribution in [0.25, 0.3) is 22.4 Å². The number of aromatic nitrogens is 2. The summed E-state index contributed by atoms with van der Waals surface area (Å²) in [6, 6.07) is 9.00. The average Bonchev–Trinajstić information content (AvgIpc) is 2.92. The van der Waals surface area contributed by atoms with Gasteiger partial charge in [-0.3, -0.25) is 0 Å². The highest BCUT2D eigenvalue weighted by atomic mass is 16.5. The van der Waals surface area contributed by atoms with E-state index < -0.39 is 0 Å². The van der Waals surface area contributed by atoms with E-state index in [1.54, 1.807) is 6.07 Å². The summed E-state index contributed by atoms with van der Waals surface area (Å²) in [5.74, 6) is 0.269. The molecule has 3 N–H and O–H groups in total. The highest BCUT2D eigenvalue weighted by molar-refractivity contribution is 5.83. The molecular weight excluding hydrogens is 282 g/mol. The van der Waals surface area contributed by atoms with Crippen LogP contribution in [0.2, 0.25) is 0 Å². The molecule has 3 aromatic rings. The number of anilines is 1. The number of phenolic OH excluding ortho intramolecular Hbond substituents is 2. The van der Waals surface area contributed by atoms with Gasteiger partial charge in [-0.05, 0) is 30.3 Å². The number of ether oxygens (including phenoxy) is 1. The smallest absolute Gasteiger partial charge is 0.200 e. The molecule has 0 aliphatic carbocycles. The second kappa shape index (κ2) is 5.14. The van der Waals surface area contributed by atoms with E-state index in [0.717, 1.165) is 16.7 Å². The first-order valence-corrected chi connectivity index (χ1v) is 6.77. The second-order valence-electron chi connectivity index (χ2n) is 5.23. The maximum Gasteiger partial charge on any atom is 0.200 e. The van der Waals surface area contributed by atoms with Crippen molar-refractivity contribution in [2.45, 2.75) is 0 Å². The summed E-state index contributed by atoms with van der Waals surface area (Å²) in [5, 5.41) is 19.5. The average molecular weight is 299 g/mol. The number of aromatic hydroxyl groups is 2. The maximum absolute atomic E-state index is 9.79. The summed E-state index contributed by atoms with van der Waals surface area (Å²) in [5.41, 5.74) is 3.42. The van der Waals surface area contributed by atoms with Gasteiger partial charge in [0.15, 0.2) is 11.5 Å². The van der Waals surface area contributed by atoms with Gasteiger partial charge in [-0.2, -0.15) is 0 Å². The SMILES string of the molecule is COc1cc(-c2nc3ccc(N(C)C)cc3[nH]2)cc(O)c1O. The highest BCUT2D eigenvalue weighted by Crippen LogP contribution is 2.39. The molecule has 0 saturated heterocycles. The van der Waals surface area contributed by atoms with Crippen LogP contribution in [0.5, 0.6) is 17.2 Å². The van der Waals surface area contributed by atoms with Crippen molar-refractivity contribution in [2.75, 3.05) is 26.1 Å². The van der Waals surface area contributed by atoms with Crippen LogP contribution in [-0.4, -0.2) is 41.4 Å². The van der Waals surface area contributed by atoms with E-state index in [2.05, 4.69) is 9.97 Å². The maximum atomic E-state index is 9.79. The van der Waals surface area contributed by atoms with Crippen LogP contribution in [-0.2, 0) is 0 Å². The zero-order chi connectivity index (χ0) is 15.9. The predicted octanol–water partition coefficient (Wildman–Crippen LogP) is 2.72. The van der Waals surface area contributed by atoms with Crippen LogP contribution >= 0.6 is 0 Å². The van der Waals surface area contributed by atoms with Gasteiger partial charge >= 0.3 is 0 Å². The van der Waals surface area contributed by atoms with E-state index in [4.69, 9.17) is 4.74 Å². The zero-order valence-electron chi connectivity index (χ0n) is 12.6. The fourth-order valence-corrected chi connectivity index (χ4v) is 2.30. The van der Waals surface area contributed by atoms with Crippen molar-refractivity contribution in [3.63, 3.8) is 0 Å². The Morgan fingerprint density at radius 2 is 1.91 bits per heavy atom. The van der Waals surface area contributed by atoms with Gasteiger partial charge in [-0.25, -0.2) is 4.98 Å². The van der Waals surface area contributed by atoms with E-state index in [-0.39, 0.29) is 17.2 Å². The number of hydrogen-bond donors (Lipinski definition) is 3. The molecule has 0 aliphatic rings. The Kier molecular flexibility index (Phi) is 3.29. The van der Waals surface area contributed by atoms with E-state index in [1.165, 1.54) is 13.2 Å². The number of imidazole rings is 1. The number of fused-ring (bicyclic) bond motifs is 1. The first kappa shape index (κ1) is 14.1. The highest BCUT2D eigenvalue weighted by Gasteiger charge is 2.13. The molecule has 0 amide bonds. The number of methoxy groups -OCH3 is 1. The number of nitrogens with zero attached hydrogens (tertiary/aromatic N) is 2. The number of phenols is 2. The third kappa shape index (κ3) is 2.28. The lowest BCUT2D eigenvalue weighted by atomic mass is 10.1. The molecule has 114 valence electrons. The fraction of sp³-hybridized carbons (Fsp3) is 0.188. The van der Waals surface area contributed by atoms with Crippen molar-refractivity contribution in [3.05, 3.63) is 30.3 Å². The Bertz CT molecular complexity index is 840. The Morgan fingerprint density at radius 1 is 1.14 bits per heavy atom. The Labute approximate surface area is 127 Å². The molecule has 1 aromatic heterocycles. The lowest BCUT2D eigenvalue weighted by molar-refractivity contribution is 0.351. The van der Waals surface area contributed by atoms with Crippen LogP contribution < -0.4 is 9.64 Å². The van der Waals surface area contributed by atoms with Crippen molar-refractivity contribution >= 4 is 16.7 Å². The zero-order valence-corrected chi connectivity index (χ0v) is 12.6. The minimum atomic E-state index is -0.280. The van der Waals surface area contributed by atoms with Crippen LogP contribution in [0, 0.1) is 0 Å². The normalized spacial score (nSPS) is 10.9. The number of aromatic amines is 1. The summed E-state index contributed by atoms with van der Waals surface area (Å²) >= 11 is 0. The van der Waals surface area contributed by atoms with E-state index in [9.17, 15) is 10.2 Å². The number of H-pyrrole nitrogens is 1. The topological polar surface area (TPSA) is 81.6 Å². The van der Waals surface area contributed by atoms with E-state index >= 15 is 0 Å². The first-order valence-electron chi connectivity index (χ1n) is 6.77. The van der Waals surface area contributed by atoms with Gasteiger partial charge in [-0.1, -0.05) is 0 Å². The molecule has 2 aromatic carbocycles. The summed E-state index contributed by atoms with van der Waals surface area (Å²) in [7, 11) is 5.38. The molecule has 0 aliphatic heterocycles. The summed E-state index contributed by atoms with van der Waals surface area (Å²) in [4.78, 5) is 9.74. The summed E-state index contributed by atoms with van der Waals surface area (Å²) < 4.78 is 5.05.